The highest BCUT2D eigenvalue weighted by molar-refractivity contribution is 6.21. The quantitative estimate of drug-likeness (QED) is 0.170. The van der Waals surface area contributed by atoms with Gasteiger partial charge in [-0.1, -0.05) is 133 Å². The summed E-state index contributed by atoms with van der Waals surface area (Å²) in [4.78, 5) is 15.7. The van der Waals surface area contributed by atoms with Crippen molar-refractivity contribution in [1.82, 2.24) is 15.0 Å². The largest absolute Gasteiger partial charge is 0.456 e. The summed E-state index contributed by atoms with van der Waals surface area (Å²) in [7, 11) is 0. The first-order valence-corrected chi connectivity index (χ1v) is 18.8. The van der Waals surface area contributed by atoms with Gasteiger partial charge < -0.3 is 8.83 Å². The van der Waals surface area contributed by atoms with Crippen LogP contribution in [0.5, 0.6) is 0 Å². The van der Waals surface area contributed by atoms with Crippen molar-refractivity contribution in [3.63, 3.8) is 0 Å². The molecule has 0 unspecified atom stereocenters. The summed E-state index contributed by atoms with van der Waals surface area (Å²) in [5, 5.41) is 11.1. The molecule has 12 aromatic rings. The highest BCUT2D eigenvalue weighted by Crippen LogP contribution is 2.44. The smallest absolute Gasteiger partial charge is 0.164 e. The molecule has 0 amide bonds. The fraction of sp³-hybridized carbons (Fsp3) is 0. The molecule has 0 bridgehead atoms. The van der Waals surface area contributed by atoms with E-state index >= 15 is 0 Å². The lowest BCUT2D eigenvalue weighted by molar-refractivity contribution is 0.668. The molecule has 5 heteroatoms. The number of fused-ring (bicyclic) bond motifs is 11. The van der Waals surface area contributed by atoms with E-state index in [4.69, 9.17) is 23.8 Å². The fourth-order valence-corrected chi connectivity index (χ4v) is 8.53. The topological polar surface area (TPSA) is 65.0 Å². The fourth-order valence-electron chi connectivity index (χ4n) is 8.53. The molecular formula is C51H29N3O2. The van der Waals surface area contributed by atoms with Gasteiger partial charge in [0.1, 0.15) is 22.3 Å². The summed E-state index contributed by atoms with van der Waals surface area (Å²) >= 11 is 0. The van der Waals surface area contributed by atoms with Gasteiger partial charge in [-0.3, -0.25) is 0 Å². The molecule has 0 spiro atoms. The SMILES string of the molecule is c1ccc(-c2nc(-c3cc4ccccc4c4ccccc34)nc(-c3ccc(-c4ccc5oc6ccc7ccccc7c6c5c4)c4oc5ccccc5c34)n2)cc1. The molecule has 3 heterocycles. The number of hydrogen-bond donors (Lipinski definition) is 0. The summed E-state index contributed by atoms with van der Waals surface area (Å²) in [5.74, 6) is 1.81. The molecule has 260 valence electrons. The van der Waals surface area contributed by atoms with Crippen LogP contribution in [-0.4, -0.2) is 15.0 Å². The Labute approximate surface area is 320 Å². The van der Waals surface area contributed by atoms with Gasteiger partial charge >= 0.3 is 0 Å². The summed E-state index contributed by atoms with van der Waals surface area (Å²) in [6.07, 6.45) is 0. The van der Waals surface area contributed by atoms with E-state index in [-0.39, 0.29) is 0 Å². The Balaban J connectivity index is 1.12. The predicted octanol–water partition coefficient (Wildman–Crippen LogP) is 13.8. The molecule has 9 aromatic carbocycles. The third kappa shape index (κ3) is 4.64. The summed E-state index contributed by atoms with van der Waals surface area (Å²) in [6.45, 7) is 0. The van der Waals surface area contributed by atoms with Crippen LogP contribution in [0.3, 0.4) is 0 Å². The van der Waals surface area contributed by atoms with E-state index in [1.54, 1.807) is 0 Å². The lowest BCUT2D eigenvalue weighted by Crippen LogP contribution is -2.01. The summed E-state index contributed by atoms with van der Waals surface area (Å²) in [5.41, 5.74) is 8.07. The number of aromatic nitrogens is 3. The van der Waals surface area contributed by atoms with Gasteiger partial charge in [0.15, 0.2) is 17.5 Å². The van der Waals surface area contributed by atoms with Crippen molar-refractivity contribution in [2.45, 2.75) is 0 Å². The molecule has 0 aliphatic rings. The first-order valence-electron chi connectivity index (χ1n) is 18.8. The third-order valence-electron chi connectivity index (χ3n) is 11.1. The minimum Gasteiger partial charge on any atom is -0.456 e. The maximum Gasteiger partial charge on any atom is 0.164 e. The van der Waals surface area contributed by atoms with Crippen LogP contribution in [0.15, 0.2) is 185 Å². The number of benzene rings is 9. The molecule has 0 atom stereocenters. The zero-order chi connectivity index (χ0) is 36.7. The number of hydrogen-bond acceptors (Lipinski definition) is 5. The summed E-state index contributed by atoms with van der Waals surface area (Å²) in [6, 6.07) is 60.9. The lowest BCUT2D eigenvalue weighted by Gasteiger charge is -2.13. The second-order valence-corrected chi connectivity index (χ2v) is 14.3. The van der Waals surface area contributed by atoms with Crippen LogP contribution in [0.4, 0.5) is 0 Å². The van der Waals surface area contributed by atoms with Gasteiger partial charge in [0.25, 0.3) is 0 Å². The van der Waals surface area contributed by atoms with Gasteiger partial charge in [0.2, 0.25) is 0 Å². The highest BCUT2D eigenvalue weighted by Gasteiger charge is 2.22. The zero-order valence-corrected chi connectivity index (χ0v) is 29.9. The van der Waals surface area contributed by atoms with E-state index in [1.165, 1.54) is 16.2 Å². The van der Waals surface area contributed by atoms with E-state index < -0.39 is 0 Å². The Morgan fingerprint density at radius 2 is 0.929 bits per heavy atom. The first-order chi connectivity index (χ1) is 27.7. The number of rotatable bonds is 4. The molecular weight excluding hydrogens is 687 g/mol. The molecule has 0 aliphatic heterocycles. The molecule has 3 aromatic heterocycles. The van der Waals surface area contributed by atoms with Crippen molar-refractivity contribution in [3.05, 3.63) is 176 Å². The Bertz CT molecular complexity index is 3550. The molecule has 0 aliphatic carbocycles. The third-order valence-corrected chi connectivity index (χ3v) is 11.1. The first kappa shape index (κ1) is 30.8. The van der Waals surface area contributed by atoms with Crippen LogP contribution >= 0.6 is 0 Å². The van der Waals surface area contributed by atoms with Gasteiger partial charge in [-0.15, -0.1) is 0 Å². The average Bonchev–Trinajstić information content (AvgIpc) is 3.85. The average molecular weight is 716 g/mol. The minimum absolute atomic E-state index is 0.581. The van der Waals surface area contributed by atoms with Gasteiger partial charge in [-0.05, 0) is 80.3 Å². The Kier molecular flexibility index (Phi) is 6.56. The van der Waals surface area contributed by atoms with Crippen LogP contribution in [0.25, 0.3) is 121 Å². The Hall–Kier alpha value is -7.63. The van der Waals surface area contributed by atoms with Crippen LogP contribution in [0, 0.1) is 0 Å². The molecule has 5 nitrogen and oxygen atoms in total. The highest BCUT2D eigenvalue weighted by atomic mass is 16.3. The molecule has 12 rings (SSSR count). The van der Waals surface area contributed by atoms with Crippen LogP contribution in [0.2, 0.25) is 0 Å². The molecule has 0 N–H and O–H groups in total. The van der Waals surface area contributed by atoms with Crippen molar-refractivity contribution in [1.29, 1.82) is 0 Å². The Morgan fingerprint density at radius 3 is 1.79 bits per heavy atom. The Morgan fingerprint density at radius 1 is 0.304 bits per heavy atom. The normalized spacial score (nSPS) is 11.9. The van der Waals surface area contributed by atoms with Crippen LogP contribution in [0.1, 0.15) is 0 Å². The summed E-state index contributed by atoms with van der Waals surface area (Å²) < 4.78 is 13.2. The van der Waals surface area contributed by atoms with E-state index in [0.29, 0.717) is 17.5 Å². The molecule has 56 heavy (non-hydrogen) atoms. The van der Waals surface area contributed by atoms with Crippen molar-refractivity contribution < 1.29 is 8.83 Å². The molecule has 0 saturated carbocycles. The van der Waals surface area contributed by atoms with E-state index in [0.717, 1.165) is 87.9 Å². The second kappa shape index (κ2) is 11.9. The van der Waals surface area contributed by atoms with E-state index in [9.17, 15) is 0 Å². The zero-order valence-electron chi connectivity index (χ0n) is 29.9. The number of nitrogens with zero attached hydrogens (tertiary/aromatic N) is 3. The lowest BCUT2D eigenvalue weighted by atomic mass is 9.96. The maximum atomic E-state index is 6.79. The van der Waals surface area contributed by atoms with Crippen LogP contribution < -0.4 is 0 Å². The second-order valence-electron chi connectivity index (χ2n) is 14.3. The predicted molar refractivity (Wildman–Crippen MR) is 229 cm³/mol. The van der Waals surface area contributed by atoms with Crippen LogP contribution in [-0.2, 0) is 0 Å². The van der Waals surface area contributed by atoms with Crippen molar-refractivity contribution >= 4 is 76.2 Å². The maximum absolute atomic E-state index is 6.79. The number of para-hydroxylation sites is 1. The number of furan rings is 2. The van der Waals surface area contributed by atoms with Crippen molar-refractivity contribution in [3.8, 4) is 45.3 Å². The molecule has 0 radical (unpaired) electrons. The van der Waals surface area contributed by atoms with Gasteiger partial charge in [0.05, 0.1) is 0 Å². The molecule has 0 fully saturated rings. The van der Waals surface area contributed by atoms with Gasteiger partial charge in [-0.2, -0.15) is 0 Å². The monoisotopic (exact) mass is 715 g/mol. The van der Waals surface area contributed by atoms with Crippen molar-refractivity contribution in [2.24, 2.45) is 0 Å². The van der Waals surface area contributed by atoms with E-state index in [1.807, 2.05) is 42.5 Å². The van der Waals surface area contributed by atoms with E-state index in [2.05, 4.69) is 133 Å². The molecule has 0 saturated heterocycles. The van der Waals surface area contributed by atoms with Crippen molar-refractivity contribution in [2.75, 3.05) is 0 Å². The minimum atomic E-state index is 0.581. The standard InChI is InChI=1S/C51H29N3O2/c1-2-13-31(14-3-1)49-52-50(54-51(53-49)41-28-32-15-5-6-16-34(32)37-18-8-9-19-38(37)41)40-25-24-36(48-47(40)39-20-10-11-21-43(39)56-48)33-23-26-44-42(29-33)46-35-17-7-4-12-30(35)22-27-45(46)55-44/h1-29H. The van der Waals surface area contributed by atoms with Gasteiger partial charge in [-0.25, -0.2) is 15.0 Å². The van der Waals surface area contributed by atoms with Gasteiger partial charge in [0, 0.05) is 43.8 Å².